The molecule has 0 saturated heterocycles. The number of carbonyl (C=O) groups is 1. The highest BCUT2D eigenvalue weighted by Crippen LogP contribution is 2.02. The van der Waals surface area contributed by atoms with E-state index in [-0.39, 0.29) is 5.91 Å². The van der Waals surface area contributed by atoms with Crippen LogP contribution in [0.15, 0.2) is 12.3 Å². The Morgan fingerprint density at radius 1 is 1.71 bits per heavy atom. The lowest BCUT2D eigenvalue weighted by atomic mass is 10.2. The van der Waals surface area contributed by atoms with Gasteiger partial charge in [0, 0.05) is 31.9 Å². The summed E-state index contributed by atoms with van der Waals surface area (Å²) in [6.07, 6.45) is 1.79. The molecule has 14 heavy (non-hydrogen) atoms. The van der Waals surface area contributed by atoms with Gasteiger partial charge in [-0.15, -0.1) is 0 Å². The fourth-order valence-electron chi connectivity index (χ4n) is 1.27. The van der Waals surface area contributed by atoms with Crippen LogP contribution in [0.2, 0.25) is 0 Å². The first-order valence-corrected chi connectivity index (χ1v) is 4.82. The Hall–Kier alpha value is -1.32. The van der Waals surface area contributed by atoms with E-state index in [0.29, 0.717) is 12.5 Å². The second kappa shape index (κ2) is 4.79. The van der Waals surface area contributed by atoms with Crippen LogP contribution in [0.4, 0.5) is 0 Å². The van der Waals surface area contributed by atoms with Crippen LogP contribution in [-0.4, -0.2) is 22.2 Å². The number of hydrogen-bond donors (Lipinski definition) is 1. The molecule has 1 unspecified atom stereocenters. The minimum atomic E-state index is 0.0223. The van der Waals surface area contributed by atoms with Crippen LogP contribution >= 0.6 is 0 Å². The zero-order valence-corrected chi connectivity index (χ0v) is 8.95. The maximum absolute atomic E-state index is 10.7. The summed E-state index contributed by atoms with van der Waals surface area (Å²) in [5.41, 5.74) is 1.15. The van der Waals surface area contributed by atoms with Gasteiger partial charge >= 0.3 is 0 Å². The van der Waals surface area contributed by atoms with E-state index in [2.05, 4.69) is 17.3 Å². The van der Waals surface area contributed by atoms with Crippen LogP contribution in [-0.2, 0) is 11.3 Å². The van der Waals surface area contributed by atoms with Crippen molar-refractivity contribution < 1.29 is 4.79 Å². The number of carbonyl (C=O) groups excluding carboxylic acids is 1. The summed E-state index contributed by atoms with van der Waals surface area (Å²) in [6, 6.07) is 1.98. The number of nitrogens with zero attached hydrogens (tertiary/aromatic N) is 2. The quantitative estimate of drug-likeness (QED) is 0.778. The Bertz CT molecular complexity index is 306. The lowest BCUT2D eigenvalue weighted by Gasteiger charge is -2.12. The van der Waals surface area contributed by atoms with Crippen LogP contribution in [0.5, 0.6) is 0 Å². The Morgan fingerprint density at radius 2 is 2.43 bits per heavy atom. The molecular formula is C10H17N3O. The summed E-state index contributed by atoms with van der Waals surface area (Å²) in [6.45, 7) is 7.20. The van der Waals surface area contributed by atoms with Crippen molar-refractivity contribution in [3.63, 3.8) is 0 Å². The molecule has 0 aliphatic carbocycles. The van der Waals surface area contributed by atoms with Gasteiger partial charge in [0.25, 0.3) is 0 Å². The van der Waals surface area contributed by atoms with Crippen molar-refractivity contribution in [2.75, 3.05) is 6.54 Å². The lowest BCUT2D eigenvalue weighted by Crippen LogP contribution is -2.28. The fraction of sp³-hybridized carbons (Fsp3) is 0.600. The molecule has 0 radical (unpaired) electrons. The summed E-state index contributed by atoms with van der Waals surface area (Å²) in [5, 5.41) is 6.98. The summed E-state index contributed by atoms with van der Waals surface area (Å²) < 4.78 is 1.95. The summed E-state index contributed by atoms with van der Waals surface area (Å²) >= 11 is 0. The average molecular weight is 195 g/mol. The van der Waals surface area contributed by atoms with Gasteiger partial charge in [-0.2, -0.15) is 5.10 Å². The van der Waals surface area contributed by atoms with E-state index in [4.69, 9.17) is 0 Å². The molecule has 0 aromatic carbocycles. The van der Waals surface area contributed by atoms with Gasteiger partial charge in [0.05, 0.1) is 0 Å². The number of aromatic nitrogens is 2. The first-order chi connectivity index (χ1) is 6.59. The number of hydrogen-bond acceptors (Lipinski definition) is 2. The monoisotopic (exact) mass is 195 g/mol. The molecule has 0 spiro atoms. The highest BCUT2D eigenvalue weighted by molar-refractivity contribution is 5.72. The smallest absolute Gasteiger partial charge is 0.216 e. The average Bonchev–Trinajstić information content (AvgIpc) is 2.49. The van der Waals surface area contributed by atoms with Crippen molar-refractivity contribution in [2.24, 2.45) is 5.92 Å². The van der Waals surface area contributed by atoms with Crippen LogP contribution in [0, 0.1) is 12.8 Å². The summed E-state index contributed by atoms with van der Waals surface area (Å²) in [7, 11) is 0. The van der Waals surface area contributed by atoms with Crippen molar-refractivity contribution in [2.45, 2.75) is 27.3 Å². The van der Waals surface area contributed by atoms with Crippen molar-refractivity contribution in [1.29, 1.82) is 0 Å². The maximum atomic E-state index is 10.7. The maximum Gasteiger partial charge on any atom is 0.216 e. The van der Waals surface area contributed by atoms with Crippen LogP contribution in [0.1, 0.15) is 19.5 Å². The predicted octanol–water partition coefficient (Wildman–Crippen LogP) is 0.964. The molecule has 0 aliphatic rings. The van der Waals surface area contributed by atoms with Gasteiger partial charge in [-0.3, -0.25) is 9.48 Å². The van der Waals surface area contributed by atoms with Crippen molar-refractivity contribution in [1.82, 2.24) is 15.1 Å². The van der Waals surface area contributed by atoms with Gasteiger partial charge in [-0.05, 0) is 18.9 Å². The third kappa shape index (κ3) is 3.20. The van der Waals surface area contributed by atoms with Gasteiger partial charge in [0.2, 0.25) is 5.91 Å². The van der Waals surface area contributed by atoms with Crippen LogP contribution in [0.25, 0.3) is 0 Å². The van der Waals surface area contributed by atoms with E-state index in [1.54, 1.807) is 6.20 Å². The fourth-order valence-corrected chi connectivity index (χ4v) is 1.27. The molecule has 4 nitrogen and oxygen atoms in total. The summed E-state index contributed by atoms with van der Waals surface area (Å²) in [4.78, 5) is 10.7. The number of aryl methyl sites for hydroxylation is 1. The summed E-state index contributed by atoms with van der Waals surface area (Å²) in [5.74, 6) is 0.423. The molecule has 1 amide bonds. The molecule has 0 saturated carbocycles. The zero-order chi connectivity index (χ0) is 10.6. The molecule has 0 fully saturated rings. The van der Waals surface area contributed by atoms with Crippen molar-refractivity contribution in [3.05, 3.63) is 18.0 Å². The van der Waals surface area contributed by atoms with Crippen LogP contribution < -0.4 is 5.32 Å². The minimum Gasteiger partial charge on any atom is -0.356 e. The van der Waals surface area contributed by atoms with Crippen molar-refractivity contribution >= 4 is 5.91 Å². The minimum absolute atomic E-state index is 0.0223. The molecule has 1 atom stereocenters. The molecule has 1 N–H and O–H groups in total. The largest absolute Gasteiger partial charge is 0.356 e. The van der Waals surface area contributed by atoms with E-state index >= 15 is 0 Å². The van der Waals surface area contributed by atoms with E-state index in [1.165, 1.54) is 6.92 Å². The Morgan fingerprint density at radius 3 is 2.93 bits per heavy atom. The second-order valence-corrected chi connectivity index (χ2v) is 3.70. The third-order valence-corrected chi connectivity index (χ3v) is 2.11. The normalized spacial score (nSPS) is 12.5. The second-order valence-electron chi connectivity index (χ2n) is 3.70. The predicted molar refractivity (Wildman–Crippen MR) is 54.8 cm³/mol. The molecule has 1 aromatic rings. The van der Waals surface area contributed by atoms with Crippen molar-refractivity contribution in [3.8, 4) is 0 Å². The first-order valence-electron chi connectivity index (χ1n) is 4.82. The highest BCUT2D eigenvalue weighted by atomic mass is 16.1. The molecule has 78 valence electrons. The van der Waals surface area contributed by atoms with Gasteiger partial charge in [0.15, 0.2) is 0 Å². The SMILES string of the molecule is CC(=O)NCC(C)Cn1nccc1C. The molecule has 4 heteroatoms. The molecule has 1 rings (SSSR count). The van der Waals surface area contributed by atoms with E-state index < -0.39 is 0 Å². The topological polar surface area (TPSA) is 46.9 Å². The zero-order valence-electron chi connectivity index (χ0n) is 8.95. The number of rotatable bonds is 4. The number of amides is 1. The molecule has 0 aliphatic heterocycles. The van der Waals surface area contributed by atoms with Gasteiger partial charge in [-0.1, -0.05) is 6.92 Å². The van der Waals surface area contributed by atoms with Gasteiger partial charge < -0.3 is 5.32 Å². The molecule has 0 bridgehead atoms. The van der Waals surface area contributed by atoms with E-state index in [9.17, 15) is 4.79 Å². The number of nitrogens with one attached hydrogen (secondary N) is 1. The highest BCUT2D eigenvalue weighted by Gasteiger charge is 2.05. The first kappa shape index (κ1) is 10.8. The van der Waals surface area contributed by atoms with Gasteiger partial charge in [-0.25, -0.2) is 0 Å². The van der Waals surface area contributed by atoms with Crippen LogP contribution in [0.3, 0.4) is 0 Å². The van der Waals surface area contributed by atoms with E-state index in [0.717, 1.165) is 12.2 Å². The Labute approximate surface area is 84.3 Å². The van der Waals surface area contributed by atoms with Gasteiger partial charge in [0.1, 0.15) is 0 Å². The third-order valence-electron chi connectivity index (χ3n) is 2.11. The Kier molecular flexibility index (Phi) is 3.68. The Balaban J connectivity index is 2.37. The molecule has 1 heterocycles. The standard InChI is InChI=1S/C10H17N3O/c1-8(6-11-10(3)14)7-13-9(2)4-5-12-13/h4-5,8H,6-7H2,1-3H3,(H,11,14). The molecule has 1 aromatic heterocycles. The molecular weight excluding hydrogens is 178 g/mol. The van der Waals surface area contributed by atoms with E-state index in [1.807, 2.05) is 17.7 Å². The lowest BCUT2D eigenvalue weighted by molar-refractivity contribution is -0.119.